The first-order chi connectivity index (χ1) is 16.7. The first kappa shape index (κ1) is 22.0. The Balaban J connectivity index is 1.28. The number of nitrogens with zero attached hydrogens (tertiary/aromatic N) is 3. The smallest absolute Gasteiger partial charge is 0.251 e. The lowest BCUT2D eigenvalue weighted by Gasteiger charge is -2.10. The van der Waals surface area contributed by atoms with Crippen LogP contribution in [-0.2, 0) is 18.8 Å². The summed E-state index contributed by atoms with van der Waals surface area (Å²) in [6, 6.07) is 21.8. The third-order valence-electron chi connectivity index (χ3n) is 5.56. The number of thioether (sulfide) groups is 1. The summed E-state index contributed by atoms with van der Waals surface area (Å²) in [6.07, 6.45) is 5.24. The number of aryl methyl sites for hydroxylation is 1. The van der Waals surface area contributed by atoms with Crippen molar-refractivity contribution in [3.63, 3.8) is 0 Å². The lowest BCUT2D eigenvalue weighted by atomic mass is 10.1. The molecule has 1 N–H and O–H groups in total. The van der Waals surface area contributed by atoms with E-state index in [4.69, 9.17) is 9.40 Å². The standard InChI is InChI=1S/C27H24N4O2S/c1-19-4-6-20(7-5-19)17-31-25-16-28-13-12-24(25)30-27(31)34-18-21-8-10-22(11-9-21)26(32)29-15-23-3-2-14-33-23/h2-14,16H,15,17-18H2,1H3,(H,29,32). The monoisotopic (exact) mass is 468 g/mol. The number of nitrogens with one attached hydrogen (secondary N) is 1. The van der Waals surface area contributed by atoms with Gasteiger partial charge in [0.15, 0.2) is 5.16 Å². The van der Waals surface area contributed by atoms with E-state index in [2.05, 4.69) is 46.1 Å². The Morgan fingerprint density at radius 1 is 1.03 bits per heavy atom. The van der Waals surface area contributed by atoms with E-state index in [1.807, 2.05) is 42.6 Å². The van der Waals surface area contributed by atoms with Crippen LogP contribution in [-0.4, -0.2) is 20.4 Å². The molecule has 0 saturated carbocycles. The fourth-order valence-electron chi connectivity index (χ4n) is 3.67. The van der Waals surface area contributed by atoms with Crippen LogP contribution in [0.15, 0.2) is 95.0 Å². The van der Waals surface area contributed by atoms with Gasteiger partial charge in [-0.15, -0.1) is 0 Å². The molecule has 0 aliphatic carbocycles. The molecular formula is C27H24N4O2S. The van der Waals surface area contributed by atoms with E-state index in [0.29, 0.717) is 12.1 Å². The molecule has 6 nitrogen and oxygen atoms in total. The molecule has 2 aromatic carbocycles. The molecule has 0 fully saturated rings. The molecule has 0 aliphatic heterocycles. The summed E-state index contributed by atoms with van der Waals surface area (Å²) in [7, 11) is 0. The summed E-state index contributed by atoms with van der Waals surface area (Å²) in [5, 5.41) is 3.82. The van der Waals surface area contributed by atoms with Gasteiger partial charge in [-0.1, -0.05) is 53.7 Å². The van der Waals surface area contributed by atoms with E-state index in [9.17, 15) is 4.79 Å². The second-order valence-electron chi connectivity index (χ2n) is 8.08. The Morgan fingerprint density at radius 3 is 2.59 bits per heavy atom. The van der Waals surface area contributed by atoms with Gasteiger partial charge in [-0.05, 0) is 48.4 Å². The zero-order valence-electron chi connectivity index (χ0n) is 18.8. The molecule has 5 aromatic rings. The van der Waals surface area contributed by atoms with Gasteiger partial charge in [0, 0.05) is 17.5 Å². The van der Waals surface area contributed by atoms with Crippen molar-refractivity contribution in [3.8, 4) is 0 Å². The Bertz CT molecular complexity index is 1390. The van der Waals surface area contributed by atoms with Gasteiger partial charge in [0.25, 0.3) is 5.91 Å². The number of benzene rings is 2. The maximum absolute atomic E-state index is 12.4. The number of hydrogen-bond acceptors (Lipinski definition) is 5. The van der Waals surface area contributed by atoms with Crippen molar-refractivity contribution < 1.29 is 9.21 Å². The maximum Gasteiger partial charge on any atom is 0.251 e. The van der Waals surface area contributed by atoms with Gasteiger partial charge in [0.2, 0.25) is 0 Å². The molecule has 3 heterocycles. The second-order valence-corrected chi connectivity index (χ2v) is 9.02. The molecule has 3 aromatic heterocycles. The molecule has 0 saturated heterocycles. The molecule has 1 amide bonds. The molecule has 7 heteroatoms. The topological polar surface area (TPSA) is 73.0 Å². The van der Waals surface area contributed by atoms with Crippen molar-refractivity contribution >= 4 is 28.7 Å². The van der Waals surface area contributed by atoms with Gasteiger partial charge in [-0.25, -0.2) is 4.98 Å². The normalized spacial score (nSPS) is 11.1. The summed E-state index contributed by atoms with van der Waals surface area (Å²) < 4.78 is 7.47. The van der Waals surface area contributed by atoms with Crippen LogP contribution in [0.5, 0.6) is 0 Å². The highest BCUT2D eigenvalue weighted by Crippen LogP contribution is 2.27. The summed E-state index contributed by atoms with van der Waals surface area (Å²) in [5.74, 6) is 1.35. The summed E-state index contributed by atoms with van der Waals surface area (Å²) in [4.78, 5) is 21.5. The fraction of sp³-hybridized carbons (Fsp3) is 0.148. The number of pyridine rings is 1. The molecular weight excluding hydrogens is 444 g/mol. The Labute approximate surface area is 202 Å². The first-order valence-electron chi connectivity index (χ1n) is 11.0. The van der Waals surface area contributed by atoms with E-state index < -0.39 is 0 Å². The number of imidazole rings is 1. The highest BCUT2D eigenvalue weighted by atomic mass is 32.2. The van der Waals surface area contributed by atoms with Gasteiger partial charge in [-0.3, -0.25) is 9.78 Å². The van der Waals surface area contributed by atoms with Crippen LogP contribution in [0.3, 0.4) is 0 Å². The van der Waals surface area contributed by atoms with E-state index in [1.165, 1.54) is 11.1 Å². The van der Waals surface area contributed by atoms with Crippen LogP contribution >= 0.6 is 11.8 Å². The quantitative estimate of drug-likeness (QED) is 0.300. The summed E-state index contributed by atoms with van der Waals surface area (Å²) in [5.41, 5.74) is 6.18. The third kappa shape index (κ3) is 5.05. The van der Waals surface area contributed by atoms with Gasteiger partial charge in [0.05, 0.1) is 36.6 Å². The largest absolute Gasteiger partial charge is 0.467 e. The molecule has 0 spiro atoms. The molecule has 34 heavy (non-hydrogen) atoms. The van der Waals surface area contributed by atoms with Crippen LogP contribution in [0, 0.1) is 6.92 Å². The molecule has 5 rings (SSSR count). The number of aromatic nitrogens is 3. The van der Waals surface area contributed by atoms with Crippen molar-refractivity contribution in [2.45, 2.75) is 30.9 Å². The number of carbonyl (C=O) groups is 1. The van der Waals surface area contributed by atoms with Crippen LogP contribution < -0.4 is 5.32 Å². The van der Waals surface area contributed by atoms with Crippen molar-refractivity contribution in [1.29, 1.82) is 0 Å². The minimum Gasteiger partial charge on any atom is -0.467 e. The van der Waals surface area contributed by atoms with Crippen LogP contribution in [0.25, 0.3) is 11.0 Å². The maximum atomic E-state index is 12.4. The van der Waals surface area contributed by atoms with Gasteiger partial charge in [-0.2, -0.15) is 0 Å². The van der Waals surface area contributed by atoms with Gasteiger partial charge >= 0.3 is 0 Å². The number of carbonyl (C=O) groups excluding carboxylic acids is 1. The molecule has 0 unspecified atom stereocenters. The van der Waals surface area contributed by atoms with Crippen LogP contribution in [0.4, 0.5) is 0 Å². The SMILES string of the molecule is Cc1ccc(Cn2c(SCc3ccc(C(=O)NCc4ccco4)cc3)nc3ccncc32)cc1. The van der Waals surface area contributed by atoms with Crippen LogP contribution in [0.2, 0.25) is 0 Å². The summed E-state index contributed by atoms with van der Waals surface area (Å²) in [6.45, 7) is 3.20. The van der Waals surface area contributed by atoms with E-state index >= 15 is 0 Å². The van der Waals surface area contributed by atoms with E-state index in [-0.39, 0.29) is 5.91 Å². The Kier molecular flexibility index (Phi) is 6.44. The average molecular weight is 469 g/mol. The third-order valence-corrected chi connectivity index (χ3v) is 6.61. The lowest BCUT2D eigenvalue weighted by Crippen LogP contribution is -2.22. The lowest BCUT2D eigenvalue weighted by molar-refractivity contribution is 0.0948. The number of fused-ring (bicyclic) bond motifs is 1. The van der Waals surface area contributed by atoms with E-state index in [1.54, 1.807) is 30.3 Å². The molecule has 170 valence electrons. The molecule has 0 atom stereocenters. The average Bonchev–Trinajstić information content (AvgIpc) is 3.51. The van der Waals surface area contributed by atoms with Gasteiger partial charge < -0.3 is 14.3 Å². The number of furan rings is 1. The van der Waals surface area contributed by atoms with Crippen molar-refractivity contribution in [2.75, 3.05) is 0 Å². The predicted molar refractivity (Wildman–Crippen MR) is 134 cm³/mol. The zero-order valence-corrected chi connectivity index (χ0v) is 19.6. The minimum absolute atomic E-state index is 0.122. The number of amides is 1. The molecule has 0 bridgehead atoms. The Hall–Kier alpha value is -3.84. The van der Waals surface area contributed by atoms with Crippen LogP contribution in [0.1, 0.15) is 32.8 Å². The zero-order chi connectivity index (χ0) is 23.3. The van der Waals surface area contributed by atoms with Crippen molar-refractivity contribution in [2.24, 2.45) is 0 Å². The second kappa shape index (κ2) is 9.97. The molecule has 0 radical (unpaired) electrons. The highest BCUT2D eigenvalue weighted by Gasteiger charge is 2.13. The summed E-state index contributed by atoms with van der Waals surface area (Å²) >= 11 is 1.68. The first-order valence-corrected chi connectivity index (χ1v) is 12.0. The predicted octanol–water partition coefficient (Wildman–Crippen LogP) is 5.60. The number of hydrogen-bond donors (Lipinski definition) is 1. The molecule has 0 aliphatic rings. The Morgan fingerprint density at radius 2 is 1.82 bits per heavy atom. The minimum atomic E-state index is -0.122. The highest BCUT2D eigenvalue weighted by molar-refractivity contribution is 7.98. The van der Waals surface area contributed by atoms with Crippen molar-refractivity contribution in [1.82, 2.24) is 19.9 Å². The van der Waals surface area contributed by atoms with E-state index in [0.717, 1.165) is 39.8 Å². The fourth-order valence-corrected chi connectivity index (χ4v) is 4.64. The van der Waals surface area contributed by atoms with Crippen molar-refractivity contribution in [3.05, 3.63) is 113 Å². The van der Waals surface area contributed by atoms with Gasteiger partial charge in [0.1, 0.15) is 5.76 Å². The number of rotatable bonds is 8.